The Morgan fingerprint density at radius 3 is 2.82 bits per heavy atom. The molecule has 1 fully saturated rings. The molecule has 0 aliphatic heterocycles. The van der Waals surface area contributed by atoms with Gasteiger partial charge in [0.25, 0.3) is 0 Å². The van der Waals surface area contributed by atoms with E-state index in [9.17, 15) is 4.79 Å². The third kappa shape index (κ3) is 4.13. The van der Waals surface area contributed by atoms with E-state index in [1.165, 1.54) is 28.2 Å². The van der Waals surface area contributed by atoms with Crippen molar-refractivity contribution in [3.63, 3.8) is 0 Å². The highest BCUT2D eigenvalue weighted by atomic mass is 32.1. The van der Waals surface area contributed by atoms with Crippen LogP contribution < -0.4 is 10.6 Å². The Morgan fingerprint density at radius 2 is 2.24 bits per heavy atom. The van der Waals surface area contributed by atoms with E-state index in [0.29, 0.717) is 19.0 Å². The lowest BCUT2D eigenvalue weighted by Gasteiger charge is -2.04. The number of carbonyl (C=O) groups is 1. The van der Waals surface area contributed by atoms with Crippen LogP contribution in [0.3, 0.4) is 0 Å². The van der Waals surface area contributed by atoms with Gasteiger partial charge in [-0.05, 0) is 38.3 Å². The molecule has 0 aromatic carbocycles. The van der Waals surface area contributed by atoms with E-state index in [2.05, 4.69) is 30.5 Å². The van der Waals surface area contributed by atoms with Crippen molar-refractivity contribution in [3.05, 3.63) is 21.4 Å². The first-order chi connectivity index (χ1) is 8.15. The Kier molecular flexibility index (Phi) is 4.18. The van der Waals surface area contributed by atoms with Crippen LogP contribution in [0.25, 0.3) is 0 Å². The molecule has 0 spiro atoms. The first-order valence-corrected chi connectivity index (χ1v) is 7.03. The standard InChI is InChI=1S/C13H20N2OS/c1-9-7-12(17-10(9)2)8-15-13(16)5-6-14-11-3-4-11/h7,11,14H,3-6,8H2,1-2H3,(H,15,16). The van der Waals surface area contributed by atoms with E-state index < -0.39 is 0 Å². The fourth-order valence-corrected chi connectivity index (χ4v) is 2.68. The van der Waals surface area contributed by atoms with Gasteiger partial charge in [0.05, 0.1) is 6.54 Å². The lowest BCUT2D eigenvalue weighted by atomic mass is 10.3. The molecule has 0 saturated heterocycles. The molecule has 4 heteroatoms. The molecule has 17 heavy (non-hydrogen) atoms. The lowest BCUT2D eigenvalue weighted by molar-refractivity contribution is -0.121. The molecule has 0 atom stereocenters. The van der Waals surface area contributed by atoms with E-state index in [4.69, 9.17) is 0 Å². The van der Waals surface area contributed by atoms with Crippen molar-refractivity contribution in [1.82, 2.24) is 10.6 Å². The van der Waals surface area contributed by atoms with Gasteiger partial charge in [-0.2, -0.15) is 0 Å². The van der Waals surface area contributed by atoms with Crippen LogP contribution in [0.2, 0.25) is 0 Å². The van der Waals surface area contributed by atoms with Gasteiger partial charge < -0.3 is 10.6 Å². The average molecular weight is 252 g/mol. The highest BCUT2D eigenvalue weighted by Crippen LogP contribution is 2.20. The minimum absolute atomic E-state index is 0.141. The smallest absolute Gasteiger partial charge is 0.221 e. The number of hydrogen-bond acceptors (Lipinski definition) is 3. The van der Waals surface area contributed by atoms with E-state index in [0.717, 1.165) is 6.54 Å². The third-order valence-electron chi connectivity index (χ3n) is 3.04. The fourth-order valence-electron chi connectivity index (χ4n) is 1.69. The van der Waals surface area contributed by atoms with Crippen molar-refractivity contribution in [2.24, 2.45) is 0 Å². The summed E-state index contributed by atoms with van der Waals surface area (Å²) in [6.45, 7) is 5.70. The molecule has 1 saturated carbocycles. The second-order valence-electron chi connectivity index (χ2n) is 4.71. The maximum Gasteiger partial charge on any atom is 0.221 e. The van der Waals surface area contributed by atoms with Crippen molar-refractivity contribution in [3.8, 4) is 0 Å². The van der Waals surface area contributed by atoms with Crippen LogP contribution in [0.15, 0.2) is 6.07 Å². The molecule has 1 aliphatic carbocycles. The summed E-state index contributed by atoms with van der Waals surface area (Å²) in [6, 6.07) is 2.84. The summed E-state index contributed by atoms with van der Waals surface area (Å²) >= 11 is 1.76. The number of amides is 1. The zero-order chi connectivity index (χ0) is 12.3. The minimum Gasteiger partial charge on any atom is -0.351 e. The van der Waals surface area contributed by atoms with E-state index in [-0.39, 0.29) is 5.91 Å². The highest BCUT2D eigenvalue weighted by molar-refractivity contribution is 7.12. The van der Waals surface area contributed by atoms with E-state index in [1.807, 2.05) is 0 Å². The van der Waals surface area contributed by atoms with Crippen molar-refractivity contribution >= 4 is 17.2 Å². The number of carbonyl (C=O) groups excluding carboxylic acids is 1. The monoisotopic (exact) mass is 252 g/mol. The van der Waals surface area contributed by atoms with Crippen LogP contribution in [0, 0.1) is 13.8 Å². The van der Waals surface area contributed by atoms with Gasteiger partial charge in [0.1, 0.15) is 0 Å². The summed E-state index contributed by atoms with van der Waals surface area (Å²) in [4.78, 5) is 14.1. The summed E-state index contributed by atoms with van der Waals surface area (Å²) in [7, 11) is 0. The number of hydrogen-bond donors (Lipinski definition) is 2. The summed E-state index contributed by atoms with van der Waals surface area (Å²) < 4.78 is 0. The molecule has 1 aromatic rings. The zero-order valence-electron chi connectivity index (χ0n) is 10.5. The van der Waals surface area contributed by atoms with E-state index in [1.54, 1.807) is 11.3 Å². The molecule has 3 nitrogen and oxygen atoms in total. The van der Waals surface area contributed by atoms with Gasteiger partial charge in [-0.1, -0.05) is 0 Å². The van der Waals surface area contributed by atoms with Gasteiger partial charge in [0.15, 0.2) is 0 Å². The SMILES string of the molecule is Cc1cc(CNC(=O)CCNC2CC2)sc1C. The maximum absolute atomic E-state index is 11.6. The number of nitrogens with one attached hydrogen (secondary N) is 2. The van der Waals surface area contributed by atoms with Gasteiger partial charge in [-0.15, -0.1) is 11.3 Å². The average Bonchev–Trinajstić information content (AvgIpc) is 3.04. The topological polar surface area (TPSA) is 41.1 Å². The van der Waals surface area contributed by atoms with Crippen molar-refractivity contribution in [2.75, 3.05) is 6.54 Å². The molecule has 2 rings (SSSR count). The third-order valence-corrected chi connectivity index (χ3v) is 4.19. The second kappa shape index (κ2) is 5.65. The second-order valence-corrected chi connectivity index (χ2v) is 6.05. The summed E-state index contributed by atoms with van der Waals surface area (Å²) in [5.41, 5.74) is 1.31. The van der Waals surface area contributed by atoms with Gasteiger partial charge in [0, 0.05) is 28.8 Å². The Bertz CT molecular complexity index is 377. The Labute approximate surface area is 107 Å². The number of rotatable bonds is 6. The van der Waals surface area contributed by atoms with Crippen molar-refractivity contribution < 1.29 is 4.79 Å². The first kappa shape index (κ1) is 12.6. The highest BCUT2D eigenvalue weighted by Gasteiger charge is 2.19. The first-order valence-electron chi connectivity index (χ1n) is 6.21. The fraction of sp³-hybridized carbons (Fsp3) is 0.615. The molecule has 0 radical (unpaired) electrons. The largest absolute Gasteiger partial charge is 0.351 e. The number of thiophene rings is 1. The lowest BCUT2D eigenvalue weighted by Crippen LogP contribution is -2.27. The van der Waals surface area contributed by atoms with Crippen LogP contribution in [0.5, 0.6) is 0 Å². The Morgan fingerprint density at radius 1 is 1.47 bits per heavy atom. The Hall–Kier alpha value is -0.870. The van der Waals surface area contributed by atoms with E-state index >= 15 is 0 Å². The van der Waals surface area contributed by atoms with Crippen molar-refractivity contribution in [2.45, 2.75) is 45.7 Å². The maximum atomic E-state index is 11.6. The zero-order valence-corrected chi connectivity index (χ0v) is 11.3. The van der Waals surface area contributed by atoms with Gasteiger partial charge in [-0.3, -0.25) is 4.79 Å². The minimum atomic E-state index is 0.141. The Balaban J connectivity index is 1.64. The molecule has 2 N–H and O–H groups in total. The van der Waals surface area contributed by atoms with Crippen LogP contribution in [-0.4, -0.2) is 18.5 Å². The molecule has 0 unspecified atom stereocenters. The normalized spacial score (nSPS) is 14.9. The molecule has 1 aromatic heterocycles. The number of aryl methyl sites for hydroxylation is 2. The molecule has 0 bridgehead atoms. The molecular formula is C13H20N2OS. The summed E-state index contributed by atoms with van der Waals surface area (Å²) in [5, 5.41) is 6.31. The molecular weight excluding hydrogens is 232 g/mol. The summed E-state index contributed by atoms with van der Waals surface area (Å²) in [5.74, 6) is 0.141. The van der Waals surface area contributed by atoms with Crippen LogP contribution in [0.1, 0.15) is 34.6 Å². The van der Waals surface area contributed by atoms with Gasteiger partial charge >= 0.3 is 0 Å². The molecule has 1 heterocycles. The molecule has 1 aliphatic rings. The molecule has 94 valence electrons. The van der Waals surface area contributed by atoms with Crippen LogP contribution in [0.4, 0.5) is 0 Å². The van der Waals surface area contributed by atoms with Crippen LogP contribution in [-0.2, 0) is 11.3 Å². The molecule has 1 amide bonds. The van der Waals surface area contributed by atoms with Crippen molar-refractivity contribution in [1.29, 1.82) is 0 Å². The summed E-state index contributed by atoms with van der Waals surface area (Å²) in [6.07, 6.45) is 3.13. The van der Waals surface area contributed by atoms with Gasteiger partial charge in [0.2, 0.25) is 5.91 Å². The van der Waals surface area contributed by atoms with Gasteiger partial charge in [-0.25, -0.2) is 0 Å². The predicted octanol–water partition coefficient (Wildman–Crippen LogP) is 2.12. The van der Waals surface area contributed by atoms with Crippen LogP contribution >= 0.6 is 11.3 Å². The quantitative estimate of drug-likeness (QED) is 0.814. The predicted molar refractivity (Wildman–Crippen MR) is 71.3 cm³/mol.